The predicted molar refractivity (Wildman–Crippen MR) is 71.1 cm³/mol. The second-order valence-electron chi connectivity index (χ2n) is 5.12. The fourth-order valence-electron chi connectivity index (χ4n) is 2.28. The Labute approximate surface area is 122 Å². The summed E-state index contributed by atoms with van der Waals surface area (Å²) in [5, 5.41) is 28.6. The molecule has 1 fully saturated rings. The Balaban J connectivity index is 2.39. The monoisotopic (exact) mass is 314 g/mol. The molecule has 0 saturated carbocycles. The van der Waals surface area contributed by atoms with E-state index in [1.54, 1.807) is 6.07 Å². The third kappa shape index (κ3) is 2.78. The van der Waals surface area contributed by atoms with Crippen LogP contribution < -0.4 is 0 Å². The lowest BCUT2D eigenvalue weighted by Gasteiger charge is -2.26. The molecule has 2 N–H and O–H groups in total. The van der Waals surface area contributed by atoms with E-state index in [0.29, 0.717) is 0 Å². The third-order valence-electron chi connectivity index (χ3n) is 3.70. The van der Waals surface area contributed by atoms with Crippen molar-refractivity contribution in [2.45, 2.75) is 29.9 Å². The highest BCUT2D eigenvalue weighted by atomic mass is 32.2. The highest BCUT2D eigenvalue weighted by Crippen LogP contribution is 2.30. The van der Waals surface area contributed by atoms with Crippen molar-refractivity contribution in [1.82, 2.24) is 4.31 Å². The number of sulfonamides is 1. The van der Waals surface area contributed by atoms with Gasteiger partial charge in [0.25, 0.3) is 0 Å². The van der Waals surface area contributed by atoms with Crippen LogP contribution in [0, 0.1) is 17.1 Å². The number of nitriles is 1. The Morgan fingerprint density at radius 1 is 1.52 bits per heavy atom. The van der Waals surface area contributed by atoms with Gasteiger partial charge in [0, 0.05) is 13.1 Å². The predicted octanol–water partition coefficient (Wildman–Crippen LogP) is 0.204. The highest BCUT2D eigenvalue weighted by molar-refractivity contribution is 7.89. The first kappa shape index (κ1) is 15.9. The zero-order valence-corrected chi connectivity index (χ0v) is 12.1. The van der Waals surface area contributed by atoms with Crippen molar-refractivity contribution in [3.05, 3.63) is 29.6 Å². The van der Waals surface area contributed by atoms with Crippen LogP contribution in [0.25, 0.3) is 0 Å². The summed E-state index contributed by atoms with van der Waals surface area (Å²) in [7, 11) is -4.03. The molecule has 21 heavy (non-hydrogen) atoms. The molecule has 0 amide bonds. The van der Waals surface area contributed by atoms with Gasteiger partial charge in [-0.1, -0.05) is 0 Å². The number of rotatable bonds is 3. The molecule has 1 aliphatic heterocycles. The van der Waals surface area contributed by atoms with Crippen LogP contribution in [-0.2, 0) is 10.0 Å². The van der Waals surface area contributed by atoms with Gasteiger partial charge in [0.2, 0.25) is 10.0 Å². The van der Waals surface area contributed by atoms with E-state index >= 15 is 0 Å². The van der Waals surface area contributed by atoms with E-state index in [-0.39, 0.29) is 30.0 Å². The Bertz CT molecular complexity index is 699. The van der Waals surface area contributed by atoms with Gasteiger partial charge < -0.3 is 10.2 Å². The standard InChI is InChI=1S/C13H15FN2O4S/c1-9(17)13(18)4-5-16(8-13)21(19,20)12-3-2-11(14)6-10(12)7-15/h2-3,6,9,17-18H,4-5,8H2,1H3/t9-,13+/m0/s1. The Kier molecular flexibility index (Phi) is 4.04. The molecule has 8 heteroatoms. The summed E-state index contributed by atoms with van der Waals surface area (Å²) in [6, 6.07) is 4.50. The highest BCUT2D eigenvalue weighted by Gasteiger charge is 2.45. The van der Waals surface area contributed by atoms with Crippen LogP contribution in [0.1, 0.15) is 18.9 Å². The average Bonchev–Trinajstić information content (AvgIpc) is 2.83. The first-order chi connectivity index (χ1) is 9.70. The molecular formula is C13H15FN2O4S. The summed E-state index contributed by atoms with van der Waals surface area (Å²) in [6.45, 7) is 1.13. The Morgan fingerprint density at radius 2 is 2.19 bits per heavy atom. The maximum Gasteiger partial charge on any atom is 0.244 e. The lowest BCUT2D eigenvalue weighted by Crippen LogP contribution is -2.44. The van der Waals surface area contributed by atoms with Crippen LogP contribution in [0.5, 0.6) is 0 Å². The molecule has 0 aromatic heterocycles. The van der Waals surface area contributed by atoms with E-state index in [1.807, 2.05) is 0 Å². The zero-order chi connectivity index (χ0) is 15.8. The van der Waals surface area contributed by atoms with Crippen LogP contribution in [-0.4, -0.2) is 47.7 Å². The van der Waals surface area contributed by atoms with E-state index in [1.165, 1.54) is 6.92 Å². The van der Waals surface area contributed by atoms with Crippen LogP contribution in [0.2, 0.25) is 0 Å². The minimum Gasteiger partial charge on any atom is -0.390 e. The number of halogens is 1. The number of aliphatic hydroxyl groups is 2. The molecule has 0 spiro atoms. The molecule has 1 aliphatic rings. The largest absolute Gasteiger partial charge is 0.390 e. The number of benzene rings is 1. The molecule has 114 valence electrons. The summed E-state index contributed by atoms with van der Waals surface area (Å²) >= 11 is 0. The number of hydrogen-bond acceptors (Lipinski definition) is 5. The Morgan fingerprint density at radius 3 is 2.71 bits per heavy atom. The smallest absolute Gasteiger partial charge is 0.244 e. The fraction of sp³-hybridized carbons (Fsp3) is 0.462. The molecule has 2 rings (SSSR count). The Hall–Kier alpha value is -1.53. The first-order valence-electron chi connectivity index (χ1n) is 6.31. The molecule has 1 aromatic carbocycles. The molecule has 1 saturated heterocycles. The third-order valence-corrected chi connectivity index (χ3v) is 5.61. The van der Waals surface area contributed by atoms with Crippen molar-refractivity contribution >= 4 is 10.0 Å². The minimum absolute atomic E-state index is 0.0198. The SMILES string of the molecule is C[C@H](O)[C@@]1(O)CCN(S(=O)(=O)c2ccc(F)cc2C#N)C1. The molecule has 1 aromatic rings. The average molecular weight is 314 g/mol. The normalized spacial score (nSPS) is 24.7. The molecule has 0 aliphatic carbocycles. The number of β-amino-alcohol motifs (C(OH)–C–C–N with tert-alkyl or cyclic N) is 1. The number of nitrogens with zero attached hydrogens (tertiary/aromatic N) is 2. The van der Waals surface area contributed by atoms with Gasteiger partial charge in [-0.15, -0.1) is 0 Å². The van der Waals surface area contributed by atoms with Gasteiger partial charge >= 0.3 is 0 Å². The van der Waals surface area contributed by atoms with Crippen molar-refractivity contribution in [3.8, 4) is 6.07 Å². The van der Waals surface area contributed by atoms with Crippen molar-refractivity contribution in [2.24, 2.45) is 0 Å². The fourth-order valence-corrected chi connectivity index (χ4v) is 3.91. The second kappa shape index (κ2) is 5.35. The van der Waals surface area contributed by atoms with Crippen LogP contribution in [0.15, 0.2) is 23.1 Å². The van der Waals surface area contributed by atoms with Crippen molar-refractivity contribution in [2.75, 3.05) is 13.1 Å². The van der Waals surface area contributed by atoms with Gasteiger partial charge in [0.1, 0.15) is 22.4 Å². The quantitative estimate of drug-likeness (QED) is 0.830. The number of aliphatic hydroxyl groups excluding tert-OH is 1. The van der Waals surface area contributed by atoms with Crippen LogP contribution >= 0.6 is 0 Å². The summed E-state index contributed by atoms with van der Waals surface area (Å²) in [5.74, 6) is -0.701. The molecule has 0 unspecified atom stereocenters. The van der Waals surface area contributed by atoms with E-state index < -0.39 is 27.5 Å². The van der Waals surface area contributed by atoms with Crippen molar-refractivity contribution < 1.29 is 23.0 Å². The molecule has 1 heterocycles. The van der Waals surface area contributed by atoms with Gasteiger partial charge in [0.15, 0.2) is 0 Å². The lowest BCUT2D eigenvalue weighted by molar-refractivity contribution is -0.0536. The molecular weight excluding hydrogens is 299 g/mol. The summed E-state index contributed by atoms with van der Waals surface area (Å²) in [6.07, 6.45) is -0.992. The molecule has 0 bridgehead atoms. The zero-order valence-electron chi connectivity index (χ0n) is 11.3. The van der Waals surface area contributed by atoms with E-state index in [9.17, 15) is 23.0 Å². The summed E-state index contributed by atoms with van der Waals surface area (Å²) in [4.78, 5) is -0.304. The topological polar surface area (TPSA) is 102 Å². The number of hydrogen-bond donors (Lipinski definition) is 2. The molecule has 6 nitrogen and oxygen atoms in total. The van der Waals surface area contributed by atoms with Crippen molar-refractivity contribution in [3.63, 3.8) is 0 Å². The van der Waals surface area contributed by atoms with Crippen LogP contribution in [0.4, 0.5) is 4.39 Å². The van der Waals surface area contributed by atoms with E-state index in [2.05, 4.69) is 0 Å². The minimum atomic E-state index is -4.03. The van der Waals surface area contributed by atoms with Gasteiger partial charge in [-0.2, -0.15) is 9.57 Å². The van der Waals surface area contributed by atoms with Gasteiger partial charge in [0.05, 0.1) is 11.7 Å². The van der Waals surface area contributed by atoms with E-state index in [0.717, 1.165) is 22.5 Å². The van der Waals surface area contributed by atoms with Gasteiger partial charge in [-0.25, -0.2) is 12.8 Å². The van der Waals surface area contributed by atoms with Gasteiger partial charge in [-0.05, 0) is 31.5 Å². The first-order valence-corrected chi connectivity index (χ1v) is 7.75. The summed E-state index contributed by atoms with van der Waals surface area (Å²) in [5.41, 5.74) is -1.80. The summed E-state index contributed by atoms with van der Waals surface area (Å²) < 4.78 is 39.1. The maximum absolute atomic E-state index is 13.1. The van der Waals surface area contributed by atoms with Gasteiger partial charge in [-0.3, -0.25) is 0 Å². The molecule has 0 radical (unpaired) electrons. The van der Waals surface area contributed by atoms with E-state index in [4.69, 9.17) is 5.26 Å². The maximum atomic E-state index is 13.1. The second-order valence-corrected chi connectivity index (χ2v) is 7.03. The lowest BCUT2D eigenvalue weighted by atomic mass is 9.97. The van der Waals surface area contributed by atoms with Crippen molar-refractivity contribution in [1.29, 1.82) is 5.26 Å². The van der Waals surface area contributed by atoms with Crippen LogP contribution in [0.3, 0.4) is 0 Å². The molecule has 2 atom stereocenters.